The Hall–Kier alpha value is -1.67. The molecule has 0 bridgehead atoms. The van der Waals surface area contributed by atoms with E-state index in [2.05, 4.69) is 20.0 Å². The number of nitrogens with zero attached hydrogens (tertiary/aromatic N) is 3. The van der Waals surface area contributed by atoms with Gasteiger partial charge in [-0.25, -0.2) is 13.1 Å². The van der Waals surface area contributed by atoms with Crippen molar-refractivity contribution in [2.45, 2.75) is 24.8 Å². The van der Waals surface area contributed by atoms with Crippen molar-refractivity contribution in [1.29, 1.82) is 0 Å². The first-order valence-corrected chi connectivity index (χ1v) is 7.45. The normalized spacial score (nSPS) is 11.9. The van der Waals surface area contributed by atoms with Gasteiger partial charge in [0.05, 0.1) is 12.4 Å². The summed E-state index contributed by atoms with van der Waals surface area (Å²) < 4.78 is 27.8. The molecule has 0 amide bonds. The Morgan fingerprint density at radius 2 is 2.26 bits per heavy atom. The van der Waals surface area contributed by atoms with Crippen LogP contribution in [-0.4, -0.2) is 34.9 Å². The van der Waals surface area contributed by atoms with Crippen LogP contribution in [0.5, 0.6) is 0 Å². The molecule has 0 aliphatic heterocycles. The molecule has 0 radical (unpaired) electrons. The fourth-order valence-corrected chi connectivity index (χ4v) is 3.01. The van der Waals surface area contributed by atoms with Gasteiger partial charge in [0.25, 0.3) is 10.0 Å². The first-order valence-electron chi connectivity index (χ1n) is 5.97. The number of hydrogen-bond donors (Lipinski definition) is 2. The maximum atomic E-state index is 12.0. The lowest BCUT2D eigenvalue weighted by atomic mass is 10.1. The zero-order valence-corrected chi connectivity index (χ0v) is 11.7. The van der Waals surface area contributed by atoms with Gasteiger partial charge in [-0.15, -0.1) is 0 Å². The molecule has 19 heavy (non-hydrogen) atoms. The number of H-pyrrole nitrogens is 1. The molecule has 2 aromatic rings. The number of rotatable bonds is 6. The van der Waals surface area contributed by atoms with Crippen LogP contribution in [0.25, 0.3) is 0 Å². The molecular weight excluding hydrogens is 266 g/mol. The van der Waals surface area contributed by atoms with Crippen molar-refractivity contribution < 1.29 is 8.42 Å². The van der Waals surface area contributed by atoms with Gasteiger partial charge in [-0.2, -0.15) is 10.2 Å². The minimum atomic E-state index is -3.47. The molecule has 0 atom stereocenters. The zero-order valence-electron chi connectivity index (χ0n) is 10.9. The summed E-state index contributed by atoms with van der Waals surface area (Å²) in [5.41, 5.74) is 2.13. The summed E-state index contributed by atoms with van der Waals surface area (Å²) >= 11 is 0. The highest BCUT2D eigenvalue weighted by molar-refractivity contribution is 7.89. The lowest BCUT2D eigenvalue weighted by Gasteiger charge is -2.06. The van der Waals surface area contributed by atoms with Crippen LogP contribution < -0.4 is 4.72 Å². The molecule has 0 saturated heterocycles. The lowest BCUT2D eigenvalue weighted by molar-refractivity contribution is 0.561. The largest absolute Gasteiger partial charge is 0.283 e. The van der Waals surface area contributed by atoms with Crippen molar-refractivity contribution >= 4 is 10.0 Å². The lowest BCUT2D eigenvalue weighted by Crippen LogP contribution is -2.27. The molecule has 2 rings (SSSR count). The summed E-state index contributed by atoms with van der Waals surface area (Å²) in [4.78, 5) is 0. The van der Waals surface area contributed by atoms with E-state index in [1.807, 2.05) is 6.92 Å². The smallest absolute Gasteiger partial charge is 0.257 e. The third-order valence-corrected chi connectivity index (χ3v) is 4.44. The topological polar surface area (TPSA) is 92.7 Å². The molecule has 0 saturated carbocycles. The highest BCUT2D eigenvalue weighted by Crippen LogP contribution is 2.07. The maximum Gasteiger partial charge on any atom is 0.257 e. The number of aromatic amines is 1. The van der Waals surface area contributed by atoms with E-state index in [0.717, 1.165) is 24.1 Å². The molecular formula is C11H17N5O2S. The number of sulfonamides is 1. The van der Waals surface area contributed by atoms with E-state index in [0.29, 0.717) is 6.54 Å². The summed E-state index contributed by atoms with van der Waals surface area (Å²) in [5, 5.41) is 10.8. The van der Waals surface area contributed by atoms with Crippen LogP contribution in [0, 0.1) is 6.92 Å². The first-order chi connectivity index (χ1) is 9.00. The molecule has 8 heteroatoms. The predicted molar refractivity (Wildman–Crippen MR) is 70.0 cm³/mol. The summed E-state index contributed by atoms with van der Waals surface area (Å²) in [5.74, 6) is 0. The van der Waals surface area contributed by atoms with Gasteiger partial charge in [-0.1, -0.05) is 0 Å². The third-order valence-electron chi connectivity index (χ3n) is 2.90. The monoisotopic (exact) mass is 283 g/mol. The fourth-order valence-electron chi connectivity index (χ4n) is 1.81. The van der Waals surface area contributed by atoms with E-state index in [9.17, 15) is 8.42 Å². The standard InChI is InChI=1S/C11H17N5O2S/c1-9-10(8-12-15-9)4-3-6-14-19(17,18)11-5-7-13-16(11)2/h5,7-8,14H,3-4,6H2,1-2H3,(H,12,15). The zero-order chi connectivity index (χ0) is 13.9. The fraction of sp³-hybridized carbons (Fsp3) is 0.455. The Balaban J connectivity index is 1.86. The number of hydrogen-bond acceptors (Lipinski definition) is 4. The van der Waals surface area contributed by atoms with Crippen LogP contribution in [0.2, 0.25) is 0 Å². The second kappa shape index (κ2) is 5.54. The van der Waals surface area contributed by atoms with Crippen molar-refractivity contribution in [3.05, 3.63) is 29.7 Å². The third kappa shape index (κ3) is 3.21. The van der Waals surface area contributed by atoms with Crippen molar-refractivity contribution in [1.82, 2.24) is 24.7 Å². The van der Waals surface area contributed by atoms with Gasteiger partial charge in [-0.05, 0) is 31.4 Å². The number of aromatic nitrogens is 4. The Morgan fingerprint density at radius 3 is 2.84 bits per heavy atom. The summed E-state index contributed by atoms with van der Waals surface area (Å²) in [7, 11) is -1.87. The highest BCUT2D eigenvalue weighted by Gasteiger charge is 2.16. The van der Waals surface area contributed by atoms with Crippen LogP contribution in [0.4, 0.5) is 0 Å². The van der Waals surface area contributed by atoms with Gasteiger partial charge in [0.15, 0.2) is 5.03 Å². The van der Waals surface area contributed by atoms with Crippen molar-refractivity contribution in [2.24, 2.45) is 7.05 Å². The Kier molecular flexibility index (Phi) is 4.01. The van der Waals surface area contributed by atoms with Gasteiger partial charge in [0.2, 0.25) is 0 Å². The Labute approximate surface area is 112 Å². The molecule has 0 unspecified atom stereocenters. The van der Waals surface area contributed by atoms with E-state index >= 15 is 0 Å². The molecule has 7 nitrogen and oxygen atoms in total. The van der Waals surface area contributed by atoms with E-state index in [-0.39, 0.29) is 5.03 Å². The van der Waals surface area contributed by atoms with Gasteiger partial charge in [0, 0.05) is 19.3 Å². The minimum absolute atomic E-state index is 0.173. The van der Waals surface area contributed by atoms with E-state index in [4.69, 9.17) is 0 Å². The van der Waals surface area contributed by atoms with Gasteiger partial charge < -0.3 is 0 Å². The van der Waals surface area contributed by atoms with Crippen LogP contribution in [0.15, 0.2) is 23.5 Å². The van der Waals surface area contributed by atoms with Crippen LogP contribution in [0.3, 0.4) is 0 Å². The second-order valence-electron chi connectivity index (χ2n) is 4.31. The summed E-state index contributed by atoms with van der Waals surface area (Å²) in [6.07, 6.45) is 4.74. The minimum Gasteiger partial charge on any atom is -0.283 e. The highest BCUT2D eigenvalue weighted by atomic mass is 32.2. The first kappa shape index (κ1) is 13.8. The number of aryl methyl sites for hydroxylation is 3. The Bertz CT molecular complexity index is 644. The molecule has 2 aromatic heterocycles. The molecule has 2 N–H and O–H groups in total. The molecule has 0 fully saturated rings. The van der Waals surface area contributed by atoms with E-state index in [1.54, 1.807) is 13.2 Å². The van der Waals surface area contributed by atoms with E-state index < -0.39 is 10.0 Å². The summed E-state index contributed by atoms with van der Waals surface area (Å²) in [6.45, 7) is 2.33. The molecule has 0 aliphatic rings. The van der Waals surface area contributed by atoms with Crippen LogP contribution >= 0.6 is 0 Å². The molecule has 2 heterocycles. The van der Waals surface area contributed by atoms with E-state index in [1.165, 1.54) is 16.9 Å². The molecule has 104 valence electrons. The average molecular weight is 283 g/mol. The van der Waals surface area contributed by atoms with Crippen molar-refractivity contribution in [2.75, 3.05) is 6.54 Å². The second-order valence-corrected chi connectivity index (χ2v) is 6.03. The molecule has 0 spiro atoms. The maximum absolute atomic E-state index is 12.0. The van der Waals surface area contributed by atoms with Crippen LogP contribution in [0.1, 0.15) is 17.7 Å². The molecule has 0 aromatic carbocycles. The predicted octanol–water partition coefficient (Wildman–Crippen LogP) is 0.363. The summed E-state index contributed by atoms with van der Waals surface area (Å²) in [6, 6.07) is 1.47. The average Bonchev–Trinajstić information content (AvgIpc) is 2.94. The van der Waals surface area contributed by atoms with Gasteiger partial charge >= 0.3 is 0 Å². The SMILES string of the molecule is Cc1[nH]ncc1CCCNS(=O)(=O)c1ccnn1C. The van der Waals surface area contributed by atoms with Crippen molar-refractivity contribution in [3.63, 3.8) is 0 Å². The van der Waals surface area contributed by atoms with Gasteiger partial charge in [0.1, 0.15) is 0 Å². The molecule has 0 aliphatic carbocycles. The number of nitrogens with one attached hydrogen (secondary N) is 2. The van der Waals surface area contributed by atoms with Crippen LogP contribution in [-0.2, 0) is 23.5 Å². The van der Waals surface area contributed by atoms with Crippen molar-refractivity contribution in [3.8, 4) is 0 Å². The van der Waals surface area contributed by atoms with Gasteiger partial charge in [-0.3, -0.25) is 9.78 Å². The quantitative estimate of drug-likeness (QED) is 0.749. The Morgan fingerprint density at radius 1 is 1.47 bits per heavy atom.